The molecule has 0 aliphatic heterocycles. The van der Waals surface area contributed by atoms with E-state index >= 15 is 0 Å². The molecule has 1 aliphatic carbocycles. The highest BCUT2D eigenvalue weighted by Gasteiger charge is 2.46. The Bertz CT molecular complexity index is 439. The predicted molar refractivity (Wildman–Crippen MR) is 57.4 cm³/mol. The first-order valence-electron chi connectivity index (χ1n) is 4.95. The summed E-state index contributed by atoms with van der Waals surface area (Å²) in [6, 6.07) is 3.34. The Kier molecular flexibility index (Phi) is 2.19. The largest absolute Gasteiger partial charge is 0.496 e. The lowest BCUT2D eigenvalue weighted by atomic mass is 9.94. The summed E-state index contributed by atoms with van der Waals surface area (Å²) < 4.78 is 19.0. The van der Waals surface area contributed by atoms with E-state index in [2.05, 4.69) is 5.92 Å². The maximum absolute atomic E-state index is 13.8. The first-order chi connectivity index (χ1) is 7.13. The van der Waals surface area contributed by atoms with Crippen LogP contribution in [0.25, 0.3) is 0 Å². The van der Waals surface area contributed by atoms with E-state index in [0.717, 1.165) is 18.4 Å². The lowest BCUT2D eigenvalue weighted by Crippen LogP contribution is -2.09. The molecular formula is C13H13FO. The van der Waals surface area contributed by atoms with Gasteiger partial charge in [-0.15, -0.1) is 6.42 Å². The van der Waals surface area contributed by atoms with Gasteiger partial charge in [-0.25, -0.2) is 4.39 Å². The van der Waals surface area contributed by atoms with Crippen molar-refractivity contribution >= 4 is 0 Å². The van der Waals surface area contributed by atoms with E-state index in [1.807, 2.05) is 13.0 Å². The van der Waals surface area contributed by atoms with E-state index in [-0.39, 0.29) is 5.82 Å². The predicted octanol–water partition coefficient (Wildman–Crippen LogP) is 2.81. The van der Waals surface area contributed by atoms with Gasteiger partial charge in [-0.3, -0.25) is 0 Å². The van der Waals surface area contributed by atoms with Gasteiger partial charge < -0.3 is 4.74 Å². The molecule has 1 nitrogen and oxygen atoms in total. The molecule has 2 heteroatoms. The van der Waals surface area contributed by atoms with E-state index in [1.54, 1.807) is 7.11 Å². The summed E-state index contributed by atoms with van der Waals surface area (Å²) in [5.41, 5.74) is 0.988. The summed E-state index contributed by atoms with van der Waals surface area (Å²) in [4.78, 5) is 0. The molecular weight excluding hydrogens is 191 g/mol. The summed E-state index contributed by atoms with van der Waals surface area (Å²) in [6.45, 7) is 1.84. The van der Waals surface area contributed by atoms with Crippen molar-refractivity contribution in [3.8, 4) is 18.1 Å². The van der Waals surface area contributed by atoms with Crippen molar-refractivity contribution in [2.45, 2.75) is 25.2 Å². The first-order valence-corrected chi connectivity index (χ1v) is 4.95. The molecule has 0 N–H and O–H groups in total. The Morgan fingerprint density at radius 3 is 2.60 bits per heavy atom. The molecule has 0 amide bonds. The Hall–Kier alpha value is -1.49. The summed E-state index contributed by atoms with van der Waals surface area (Å²) >= 11 is 0. The van der Waals surface area contributed by atoms with Gasteiger partial charge in [0.2, 0.25) is 0 Å². The Morgan fingerprint density at radius 2 is 2.13 bits per heavy atom. The van der Waals surface area contributed by atoms with Crippen molar-refractivity contribution in [3.05, 3.63) is 29.1 Å². The van der Waals surface area contributed by atoms with Gasteiger partial charge >= 0.3 is 0 Å². The van der Waals surface area contributed by atoms with Crippen molar-refractivity contribution in [3.63, 3.8) is 0 Å². The minimum absolute atomic E-state index is 0.248. The van der Waals surface area contributed by atoms with Crippen LogP contribution >= 0.6 is 0 Å². The molecule has 1 fully saturated rings. The average Bonchev–Trinajstić information content (AvgIpc) is 2.97. The second kappa shape index (κ2) is 3.27. The fourth-order valence-electron chi connectivity index (χ4n) is 1.93. The van der Waals surface area contributed by atoms with Crippen LogP contribution in [0.1, 0.15) is 24.0 Å². The molecule has 0 aromatic heterocycles. The minimum atomic E-state index is -0.414. The van der Waals surface area contributed by atoms with Crippen molar-refractivity contribution in [1.29, 1.82) is 0 Å². The molecule has 0 spiro atoms. The van der Waals surface area contributed by atoms with E-state index < -0.39 is 5.41 Å². The normalized spacial score (nSPS) is 16.9. The Morgan fingerprint density at radius 1 is 1.47 bits per heavy atom. The van der Waals surface area contributed by atoms with Crippen LogP contribution in [0.3, 0.4) is 0 Å². The number of methoxy groups -OCH3 is 1. The van der Waals surface area contributed by atoms with E-state index in [9.17, 15) is 4.39 Å². The number of benzene rings is 1. The highest BCUT2D eigenvalue weighted by Crippen LogP contribution is 2.51. The lowest BCUT2D eigenvalue weighted by molar-refractivity contribution is 0.401. The van der Waals surface area contributed by atoms with E-state index in [4.69, 9.17) is 11.2 Å². The van der Waals surface area contributed by atoms with Crippen LogP contribution in [0, 0.1) is 25.1 Å². The molecule has 1 saturated carbocycles. The summed E-state index contributed by atoms with van der Waals surface area (Å²) in [6.07, 6.45) is 7.15. The van der Waals surface area contributed by atoms with E-state index in [0.29, 0.717) is 11.3 Å². The van der Waals surface area contributed by atoms with Gasteiger partial charge in [-0.05, 0) is 37.5 Å². The number of hydrogen-bond donors (Lipinski definition) is 0. The zero-order valence-corrected chi connectivity index (χ0v) is 8.93. The first kappa shape index (κ1) is 10.0. The van der Waals surface area contributed by atoms with E-state index in [1.165, 1.54) is 6.07 Å². The monoisotopic (exact) mass is 204 g/mol. The highest BCUT2D eigenvalue weighted by atomic mass is 19.1. The van der Waals surface area contributed by atoms with Crippen LogP contribution in [0.15, 0.2) is 12.1 Å². The molecule has 1 aliphatic rings. The minimum Gasteiger partial charge on any atom is -0.496 e. The van der Waals surface area contributed by atoms with Gasteiger partial charge in [0.25, 0.3) is 0 Å². The average molecular weight is 204 g/mol. The maximum atomic E-state index is 13.8. The number of aryl methyl sites for hydroxylation is 1. The van der Waals surface area contributed by atoms with Gasteiger partial charge in [0.1, 0.15) is 11.6 Å². The molecule has 0 radical (unpaired) electrons. The Labute approximate surface area is 89.3 Å². The zero-order chi connectivity index (χ0) is 11.1. The molecule has 0 bridgehead atoms. The number of hydrogen-bond acceptors (Lipinski definition) is 1. The van der Waals surface area contributed by atoms with Gasteiger partial charge in [0, 0.05) is 5.56 Å². The molecule has 0 unspecified atom stereocenters. The molecule has 0 saturated heterocycles. The number of ether oxygens (including phenoxy) is 1. The topological polar surface area (TPSA) is 9.23 Å². The molecule has 1 aromatic rings. The second-order valence-electron chi connectivity index (χ2n) is 4.05. The SMILES string of the molecule is C#CC1(c2c(F)cc(C)cc2OC)CC1. The third-order valence-corrected chi connectivity index (χ3v) is 2.92. The third-order valence-electron chi connectivity index (χ3n) is 2.92. The number of terminal acetylenes is 1. The van der Waals surface area contributed by atoms with Gasteiger partial charge in [-0.2, -0.15) is 0 Å². The molecule has 0 heterocycles. The quantitative estimate of drug-likeness (QED) is 0.673. The number of rotatable bonds is 2. The van der Waals surface area contributed by atoms with Crippen molar-refractivity contribution in [1.82, 2.24) is 0 Å². The van der Waals surface area contributed by atoms with Crippen LogP contribution in [-0.4, -0.2) is 7.11 Å². The van der Waals surface area contributed by atoms with Crippen molar-refractivity contribution < 1.29 is 9.13 Å². The lowest BCUT2D eigenvalue weighted by Gasteiger charge is -2.15. The van der Waals surface area contributed by atoms with Gasteiger partial charge in [0.15, 0.2) is 0 Å². The summed E-state index contributed by atoms with van der Waals surface area (Å²) in [5, 5.41) is 0. The fourth-order valence-corrected chi connectivity index (χ4v) is 1.93. The standard InChI is InChI=1S/C13H13FO/c1-4-13(5-6-13)12-10(14)7-9(2)8-11(12)15-3/h1,7-8H,5-6H2,2-3H3. The van der Waals surface area contributed by atoms with Crippen molar-refractivity contribution in [2.24, 2.45) is 0 Å². The van der Waals surface area contributed by atoms with Crippen LogP contribution in [0.5, 0.6) is 5.75 Å². The molecule has 15 heavy (non-hydrogen) atoms. The van der Waals surface area contributed by atoms with Crippen LogP contribution in [0.2, 0.25) is 0 Å². The smallest absolute Gasteiger partial charge is 0.131 e. The Balaban J connectivity index is 2.60. The van der Waals surface area contributed by atoms with Crippen LogP contribution in [-0.2, 0) is 5.41 Å². The van der Waals surface area contributed by atoms with Gasteiger partial charge in [0.05, 0.1) is 12.5 Å². The van der Waals surface area contributed by atoms with Crippen LogP contribution < -0.4 is 4.74 Å². The van der Waals surface area contributed by atoms with Gasteiger partial charge in [-0.1, -0.05) is 5.92 Å². The molecule has 0 atom stereocenters. The zero-order valence-electron chi connectivity index (χ0n) is 8.93. The summed E-state index contributed by atoms with van der Waals surface area (Å²) in [7, 11) is 1.55. The summed E-state index contributed by atoms with van der Waals surface area (Å²) in [5.74, 6) is 3.01. The molecule has 1 aromatic carbocycles. The number of halogens is 1. The molecule has 78 valence electrons. The molecule has 2 rings (SSSR count). The second-order valence-corrected chi connectivity index (χ2v) is 4.05. The maximum Gasteiger partial charge on any atom is 0.131 e. The highest BCUT2D eigenvalue weighted by molar-refractivity contribution is 5.51. The fraction of sp³-hybridized carbons (Fsp3) is 0.385. The van der Waals surface area contributed by atoms with Crippen LogP contribution in [0.4, 0.5) is 4.39 Å². The third kappa shape index (κ3) is 1.48. The van der Waals surface area contributed by atoms with Crippen molar-refractivity contribution in [2.75, 3.05) is 7.11 Å².